The first-order chi connectivity index (χ1) is 17.0. The minimum Gasteiger partial charge on any atom is -0.376 e. The maximum absolute atomic E-state index is 13.2. The lowest BCUT2D eigenvalue weighted by atomic mass is 10.2. The predicted molar refractivity (Wildman–Crippen MR) is 145 cm³/mol. The zero-order chi connectivity index (χ0) is 24.6. The zero-order valence-electron chi connectivity index (χ0n) is 20.6. The molecule has 2 aromatic rings. The molecule has 1 aromatic carbocycles. The molecule has 2 fully saturated rings. The molecule has 0 spiro atoms. The summed E-state index contributed by atoms with van der Waals surface area (Å²) >= 11 is 5.24. The largest absolute Gasteiger partial charge is 0.376 e. The van der Waals surface area contributed by atoms with Crippen molar-refractivity contribution in [3.8, 4) is 0 Å². The molecule has 0 saturated carbocycles. The zero-order valence-corrected chi connectivity index (χ0v) is 21.4. The second-order valence-electron chi connectivity index (χ2n) is 9.42. The molecule has 190 valence electrons. The van der Waals surface area contributed by atoms with Gasteiger partial charge in [-0.25, -0.2) is 4.39 Å². The lowest BCUT2D eigenvalue weighted by molar-refractivity contribution is 0.294. The maximum Gasteiger partial charge on any atom is 0.229 e. The fourth-order valence-corrected chi connectivity index (χ4v) is 4.69. The summed E-state index contributed by atoms with van der Waals surface area (Å²) in [5.74, 6) is 2.52. The summed E-state index contributed by atoms with van der Waals surface area (Å²) in [4.78, 5) is 18.6. The van der Waals surface area contributed by atoms with E-state index in [1.54, 1.807) is 12.1 Å². The molecule has 2 saturated heterocycles. The molecule has 3 heterocycles. The van der Waals surface area contributed by atoms with E-state index in [4.69, 9.17) is 27.9 Å². The number of hydrogen-bond acceptors (Lipinski definition) is 7. The molecule has 10 heteroatoms. The van der Waals surface area contributed by atoms with Crippen LogP contribution in [0.3, 0.4) is 0 Å². The van der Waals surface area contributed by atoms with E-state index < -0.39 is 0 Å². The van der Waals surface area contributed by atoms with Gasteiger partial charge in [0.1, 0.15) is 17.5 Å². The molecule has 8 nitrogen and oxygen atoms in total. The molecular weight excluding hydrogens is 463 g/mol. The Morgan fingerprint density at radius 1 is 1.00 bits per heavy atom. The fourth-order valence-electron chi connectivity index (χ4n) is 4.53. The first kappa shape index (κ1) is 25.4. The Balaban J connectivity index is 1.28. The Hall–Kier alpha value is -2.72. The molecule has 0 unspecified atom stereocenters. The van der Waals surface area contributed by atoms with Crippen molar-refractivity contribution in [2.24, 2.45) is 5.73 Å². The molecule has 1 aromatic heterocycles. The van der Waals surface area contributed by atoms with Crippen molar-refractivity contribution in [3.63, 3.8) is 0 Å². The Morgan fingerprint density at radius 3 is 2.31 bits per heavy atom. The molecule has 0 radical (unpaired) electrons. The topological polar surface area (TPSA) is 76.8 Å². The van der Waals surface area contributed by atoms with Crippen LogP contribution in [0.5, 0.6) is 0 Å². The van der Waals surface area contributed by atoms with Gasteiger partial charge >= 0.3 is 0 Å². The van der Waals surface area contributed by atoms with Crippen LogP contribution < -0.4 is 20.9 Å². The van der Waals surface area contributed by atoms with Gasteiger partial charge in [0.25, 0.3) is 0 Å². The van der Waals surface area contributed by atoms with E-state index in [1.807, 2.05) is 4.90 Å². The van der Waals surface area contributed by atoms with Crippen molar-refractivity contribution in [1.29, 1.82) is 0 Å². The van der Waals surface area contributed by atoms with Gasteiger partial charge in [-0.3, -0.25) is 0 Å². The molecule has 0 amide bonds. The van der Waals surface area contributed by atoms with Crippen LogP contribution in [-0.2, 0) is 6.54 Å². The number of anilines is 3. The molecule has 3 N–H and O–H groups in total. The van der Waals surface area contributed by atoms with Gasteiger partial charge in [-0.15, -0.1) is 0 Å². The number of thiocarbonyl (C=S) groups is 1. The molecular formula is C25H37FN8S. The number of rotatable bonds is 11. The Morgan fingerprint density at radius 2 is 1.66 bits per heavy atom. The van der Waals surface area contributed by atoms with Crippen LogP contribution in [0.25, 0.3) is 0 Å². The van der Waals surface area contributed by atoms with E-state index in [2.05, 4.69) is 33.1 Å². The fraction of sp³-hybridized carbons (Fsp3) is 0.560. The predicted octanol–water partition coefficient (Wildman–Crippen LogP) is 2.91. The third kappa shape index (κ3) is 7.38. The lowest BCUT2D eigenvalue weighted by Gasteiger charge is -2.26. The number of nitrogens with one attached hydrogen (secondary N) is 1. The maximum atomic E-state index is 13.2. The van der Waals surface area contributed by atoms with Crippen LogP contribution >= 0.6 is 12.2 Å². The third-order valence-electron chi connectivity index (χ3n) is 6.67. The quantitative estimate of drug-likeness (QED) is 0.453. The second-order valence-corrected chi connectivity index (χ2v) is 9.83. The van der Waals surface area contributed by atoms with Gasteiger partial charge in [0.05, 0.1) is 0 Å². The smallest absolute Gasteiger partial charge is 0.229 e. The van der Waals surface area contributed by atoms with E-state index in [-0.39, 0.29) is 5.82 Å². The van der Waals surface area contributed by atoms with E-state index in [0.29, 0.717) is 18.2 Å². The molecule has 2 aliphatic heterocycles. The van der Waals surface area contributed by atoms with Crippen molar-refractivity contribution in [3.05, 3.63) is 41.7 Å². The number of nitrogens with two attached hydrogens (primary N) is 1. The number of halogens is 1. The monoisotopic (exact) mass is 500 g/mol. The summed E-state index contributed by atoms with van der Waals surface area (Å²) in [5.41, 5.74) is 6.92. The van der Waals surface area contributed by atoms with Gasteiger partial charge in [-0.05, 0) is 62.6 Å². The highest BCUT2D eigenvalue weighted by atomic mass is 32.1. The molecule has 2 aliphatic rings. The molecule has 0 atom stereocenters. The Kier molecular flexibility index (Phi) is 8.92. The van der Waals surface area contributed by atoms with Crippen molar-refractivity contribution in [2.75, 3.05) is 74.5 Å². The first-order valence-corrected chi connectivity index (χ1v) is 13.0. The van der Waals surface area contributed by atoms with Gasteiger partial charge in [-0.2, -0.15) is 9.97 Å². The van der Waals surface area contributed by atoms with Crippen LogP contribution in [0.15, 0.2) is 30.3 Å². The number of hydrogen-bond donors (Lipinski definition) is 2. The first-order valence-electron chi connectivity index (χ1n) is 12.6. The van der Waals surface area contributed by atoms with E-state index in [9.17, 15) is 4.39 Å². The average Bonchev–Trinajstić information content (AvgIpc) is 3.57. The van der Waals surface area contributed by atoms with Gasteiger partial charge in [0.2, 0.25) is 5.95 Å². The van der Waals surface area contributed by atoms with Crippen molar-refractivity contribution < 1.29 is 4.39 Å². The van der Waals surface area contributed by atoms with E-state index in [0.717, 1.165) is 69.0 Å². The number of likely N-dealkylation sites (N-methyl/N-ethyl adjacent to an activating group) is 1. The van der Waals surface area contributed by atoms with Crippen LogP contribution in [0.1, 0.15) is 31.2 Å². The van der Waals surface area contributed by atoms with E-state index >= 15 is 0 Å². The standard InChI is InChI=1S/C25H37FN8S/c1-31(16-17-34(24(27)35)19-20-6-8-21(26)9-7-20)15-10-28-22-18-23(32-11-2-3-12-32)30-25(29-22)33-13-4-5-14-33/h6-9,18H,2-5,10-17,19H2,1H3,(H2,27,35)(H,28,29,30). The summed E-state index contributed by atoms with van der Waals surface area (Å²) in [6.07, 6.45) is 4.85. The van der Waals surface area contributed by atoms with Crippen molar-refractivity contribution >= 4 is 34.9 Å². The molecule has 0 bridgehead atoms. The molecule has 35 heavy (non-hydrogen) atoms. The Bertz CT molecular complexity index is 926. The average molecular weight is 501 g/mol. The molecule has 0 aliphatic carbocycles. The van der Waals surface area contributed by atoms with Crippen LogP contribution in [0.4, 0.5) is 22.0 Å². The van der Waals surface area contributed by atoms with Gasteiger partial charge in [0, 0.05) is 65.0 Å². The highest BCUT2D eigenvalue weighted by Gasteiger charge is 2.20. The summed E-state index contributed by atoms with van der Waals surface area (Å²) in [6, 6.07) is 8.54. The molecule has 4 rings (SSSR count). The van der Waals surface area contributed by atoms with Crippen LogP contribution in [0, 0.1) is 5.82 Å². The lowest BCUT2D eigenvalue weighted by Crippen LogP contribution is -2.40. The summed E-state index contributed by atoms with van der Waals surface area (Å²) in [6.45, 7) is 7.90. The number of nitrogens with zero attached hydrogens (tertiary/aromatic N) is 6. The third-order valence-corrected chi connectivity index (χ3v) is 6.93. The summed E-state index contributed by atoms with van der Waals surface area (Å²) in [5, 5.41) is 3.87. The van der Waals surface area contributed by atoms with Crippen LogP contribution in [-0.4, -0.2) is 84.3 Å². The SMILES string of the molecule is CN(CCNc1cc(N2CCCC2)nc(N2CCCC2)n1)CCN(Cc1ccc(F)cc1)C(N)=S. The highest BCUT2D eigenvalue weighted by Crippen LogP contribution is 2.25. The minimum atomic E-state index is -0.244. The number of aromatic nitrogens is 2. The van der Waals surface area contributed by atoms with E-state index in [1.165, 1.54) is 37.8 Å². The van der Waals surface area contributed by atoms with Gasteiger partial charge in [-0.1, -0.05) is 12.1 Å². The summed E-state index contributed by atoms with van der Waals surface area (Å²) in [7, 11) is 2.09. The van der Waals surface area contributed by atoms with Gasteiger partial charge < -0.3 is 30.7 Å². The minimum absolute atomic E-state index is 0.244. The van der Waals surface area contributed by atoms with Crippen molar-refractivity contribution in [1.82, 2.24) is 19.8 Å². The second kappa shape index (κ2) is 12.3. The Labute approximate surface area is 213 Å². The summed E-state index contributed by atoms with van der Waals surface area (Å²) < 4.78 is 13.2. The van der Waals surface area contributed by atoms with Crippen molar-refractivity contribution in [2.45, 2.75) is 32.2 Å². The van der Waals surface area contributed by atoms with Crippen LogP contribution in [0.2, 0.25) is 0 Å². The number of benzene rings is 1. The van der Waals surface area contributed by atoms with Gasteiger partial charge in [0.15, 0.2) is 5.11 Å². The normalized spacial score (nSPS) is 15.7. The highest BCUT2D eigenvalue weighted by molar-refractivity contribution is 7.80.